The molecule has 1 aromatic carbocycles. The monoisotopic (exact) mass is 401 g/mol. The number of benzene rings is 1. The van der Waals surface area contributed by atoms with E-state index in [9.17, 15) is 4.79 Å². The van der Waals surface area contributed by atoms with Gasteiger partial charge in [0.15, 0.2) is 5.11 Å². The molecule has 0 amide bonds. The molecule has 0 aliphatic carbocycles. The van der Waals surface area contributed by atoms with Crippen LogP contribution in [0.4, 0.5) is 0 Å². The molecule has 8 heteroatoms. The molecule has 1 saturated heterocycles. The van der Waals surface area contributed by atoms with Gasteiger partial charge in [-0.05, 0) is 56.2 Å². The van der Waals surface area contributed by atoms with Crippen LogP contribution in [-0.2, 0) is 9.47 Å². The molecule has 28 heavy (non-hydrogen) atoms. The van der Waals surface area contributed by atoms with E-state index in [2.05, 4.69) is 15.8 Å². The van der Waals surface area contributed by atoms with Crippen LogP contribution in [0.5, 0.6) is 0 Å². The van der Waals surface area contributed by atoms with Gasteiger partial charge >= 0.3 is 5.97 Å². The number of rotatable bonds is 7. The van der Waals surface area contributed by atoms with Crippen molar-refractivity contribution in [1.29, 1.82) is 0 Å². The van der Waals surface area contributed by atoms with Crippen molar-refractivity contribution in [2.75, 3.05) is 19.8 Å². The number of hydrogen-bond donors (Lipinski definition) is 2. The summed E-state index contributed by atoms with van der Waals surface area (Å²) in [6.07, 6.45) is 3.91. The predicted octanol–water partition coefficient (Wildman–Crippen LogP) is 3.10. The molecular weight excluding hydrogens is 378 g/mol. The molecule has 0 unspecified atom stereocenters. The fourth-order valence-electron chi connectivity index (χ4n) is 2.77. The first-order valence-electron chi connectivity index (χ1n) is 9.21. The number of nitrogens with one attached hydrogen (secondary N) is 2. The zero-order chi connectivity index (χ0) is 19.8. The van der Waals surface area contributed by atoms with Gasteiger partial charge < -0.3 is 19.2 Å². The van der Waals surface area contributed by atoms with E-state index in [0.29, 0.717) is 35.3 Å². The summed E-state index contributed by atoms with van der Waals surface area (Å²) in [5.74, 6) is 0.923. The number of hydrogen-bond acceptors (Lipinski definition) is 6. The lowest BCUT2D eigenvalue weighted by molar-refractivity contribution is 0.0526. The smallest absolute Gasteiger partial charge is 0.338 e. The second-order valence-corrected chi connectivity index (χ2v) is 6.62. The molecule has 148 valence electrons. The summed E-state index contributed by atoms with van der Waals surface area (Å²) < 4.78 is 16.3. The van der Waals surface area contributed by atoms with Crippen LogP contribution in [0.25, 0.3) is 11.3 Å². The highest BCUT2D eigenvalue weighted by Gasteiger charge is 2.15. The lowest BCUT2D eigenvalue weighted by Gasteiger charge is -2.11. The standard InChI is InChI=1S/C20H23N3O4S/c1-2-25-19(24)15-7-5-14(6-8-15)18-10-9-17(27-18)13-22-23-20(28)21-12-16-4-3-11-26-16/h5-10,13,16H,2-4,11-12H2,1H3,(H2,21,23,28)/b22-13-/t16-/m0/s1. The third-order valence-electron chi connectivity index (χ3n) is 4.18. The normalized spacial score (nSPS) is 16.2. The Balaban J connectivity index is 1.49. The minimum Gasteiger partial charge on any atom is -0.462 e. The van der Waals surface area contributed by atoms with E-state index in [0.717, 1.165) is 25.0 Å². The van der Waals surface area contributed by atoms with E-state index in [-0.39, 0.29) is 12.1 Å². The minimum atomic E-state index is -0.337. The van der Waals surface area contributed by atoms with Gasteiger partial charge in [-0.2, -0.15) is 5.10 Å². The van der Waals surface area contributed by atoms with E-state index >= 15 is 0 Å². The van der Waals surface area contributed by atoms with Crippen molar-refractivity contribution < 1.29 is 18.7 Å². The van der Waals surface area contributed by atoms with Crippen LogP contribution in [-0.4, -0.2) is 43.2 Å². The molecule has 2 heterocycles. The molecule has 1 aromatic heterocycles. The van der Waals surface area contributed by atoms with Crippen LogP contribution in [0, 0.1) is 0 Å². The van der Waals surface area contributed by atoms with E-state index in [1.165, 1.54) is 0 Å². The molecule has 0 bridgehead atoms. The molecule has 1 fully saturated rings. The van der Waals surface area contributed by atoms with Crippen molar-refractivity contribution in [2.45, 2.75) is 25.9 Å². The Hall–Kier alpha value is -2.71. The van der Waals surface area contributed by atoms with Crippen LogP contribution in [0.1, 0.15) is 35.9 Å². The van der Waals surface area contributed by atoms with Gasteiger partial charge in [-0.15, -0.1) is 0 Å². The quantitative estimate of drug-likeness (QED) is 0.319. The number of carbonyl (C=O) groups excluding carboxylic acids is 1. The SMILES string of the molecule is CCOC(=O)c1ccc(-c2ccc(/C=N\NC(=S)NC[C@@H]3CCCO3)o2)cc1. The largest absolute Gasteiger partial charge is 0.462 e. The molecule has 1 atom stereocenters. The molecule has 0 radical (unpaired) electrons. The minimum absolute atomic E-state index is 0.214. The van der Waals surface area contributed by atoms with E-state index in [1.54, 1.807) is 25.3 Å². The van der Waals surface area contributed by atoms with Crippen molar-refractivity contribution in [3.8, 4) is 11.3 Å². The second kappa shape index (κ2) is 10.0. The number of thiocarbonyl (C=S) groups is 1. The number of esters is 1. The Bertz CT molecular complexity index is 826. The molecule has 0 spiro atoms. The topological polar surface area (TPSA) is 85.1 Å². The third kappa shape index (κ3) is 5.64. The Kier molecular flexibility index (Phi) is 7.16. The number of ether oxygens (including phenoxy) is 2. The van der Waals surface area contributed by atoms with Gasteiger partial charge in [-0.3, -0.25) is 5.43 Å². The van der Waals surface area contributed by atoms with Crippen molar-refractivity contribution in [3.63, 3.8) is 0 Å². The van der Waals surface area contributed by atoms with Gasteiger partial charge in [0, 0.05) is 18.7 Å². The van der Waals surface area contributed by atoms with Gasteiger partial charge in [0.2, 0.25) is 0 Å². The van der Waals surface area contributed by atoms with Crippen molar-refractivity contribution in [3.05, 3.63) is 47.7 Å². The van der Waals surface area contributed by atoms with Gasteiger partial charge in [-0.1, -0.05) is 12.1 Å². The number of nitrogens with zero attached hydrogens (tertiary/aromatic N) is 1. The summed E-state index contributed by atoms with van der Waals surface area (Å²) in [6.45, 7) is 3.62. The number of furan rings is 1. The van der Waals surface area contributed by atoms with E-state index in [4.69, 9.17) is 26.1 Å². The summed E-state index contributed by atoms with van der Waals surface area (Å²) in [6, 6.07) is 10.7. The zero-order valence-corrected chi connectivity index (χ0v) is 16.5. The predicted molar refractivity (Wildman–Crippen MR) is 110 cm³/mol. The highest BCUT2D eigenvalue weighted by atomic mass is 32.1. The first kappa shape index (κ1) is 20.0. The molecule has 0 saturated carbocycles. The van der Waals surface area contributed by atoms with Gasteiger partial charge in [0.25, 0.3) is 0 Å². The highest BCUT2D eigenvalue weighted by molar-refractivity contribution is 7.80. The fraction of sp³-hybridized carbons (Fsp3) is 0.350. The van der Waals surface area contributed by atoms with Crippen molar-refractivity contribution >= 4 is 29.5 Å². The molecule has 2 N–H and O–H groups in total. The molecule has 3 rings (SSSR count). The van der Waals surface area contributed by atoms with Gasteiger partial charge in [0.1, 0.15) is 11.5 Å². The maximum Gasteiger partial charge on any atom is 0.338 e. The van der Waals surface area contributed by atoms with E-state index < -0.39 is 0 Å². The lowest BCUT2D eigenvalue weighted by atomic mass is 10.1. The summed E-state index contributed by atoms with van der Waals surface area (Å²) >= 11 is 5.18. The Morgan fingerprint density at radius 1 is 1.32 bits per heavy atom. The number of carbonyl (C=O) groups is 1. The summed E-state index contributed by atoms with van der Waals surface area (Å²) in [4.78, 5) is 11.7. The first-order valence-corrected chi connectivity index (χ1v) is 9.62. The molecule has 7 nitrogen and oxygen atoms in total. The summed E-state index contributed by atoms with van der Waals surface area (Å²) in [5, 5.41) is 7.59. The van der Waals surface area contributed by atoms with Crippen molar-refractivity contribution in [2.24, 2.45) is 5.10 Å². The average molecular weight is 401 g/mol. The molecule has 2 aromatic rings. The van der Waals surface area contributed by atoms with Crippen molar-refractivity contribution in [1.82, 2.24) is 10.7 Å². The first-order chi connectivity index (χ1) is 13.7. The van der Waals surface area contributed by atoms with Gasteiger partial charge in [0.05, 0.1) is 24.5 Å². The van der Waals surface area contributed by atoms with Crippen LogP contribution < -0.4 is 10.7 Å². The zero-order valence-electron chi connectivity index (χ0n) is 15.6. The van der Waals surface area contributed by atoms with Gasteiger partial charge in [-0.25, -0.2) is 4.79 Å². The number of hydrazone groups is 1. The molecule has 1 aliphatic rings. The van der Waals surface area contributed by atoms with Crippen LogP contribution in [0.3, 0.4) is 0 Å². The average Bonchev–Trinajstić information content (AvgIpc) is 3.39. The van der Waals surface area contributed by atoms with E-state index in [1.807, 2.05) is 24.3 Å². The third-order valence-corrected chi connectivity index (χ3v) is 4.42. The van der Waals surface area contributed by atoms with Crippen LogP contribution >= 0.6 is 12.2 Å². The fourth-order valence-corrected chi connectivity index (χ4v) is 2.90. The molecule has 1 aliphatic heterocycles. The molecular formula is C20H23N3O4S. The summed E-state index contributed by atoms with van der Waals surface area (Å²) in [7, 11) is 0. The Labute approximate surface area is 169 Å². The summed E-state index contributed by atoms with van der Waals surface area (Å²) in [5.41, 5.74) is 4.12. The van der Waals surface area contributed by atoms with Crippen LogP contribution in [0.2, 0.25) is 0 Å². The second-order valence-electron chi connectivity index (χ2n) is 6.21. The maximum atomic E-state index is 11.7. The highest BCUT2D eigenvalue weighted by Crippen LogP contribution is 2.22. The Morgan fingerprint density at radius 3 is 2.86 bits per heavy atom. The lowest BCUT2D eigenvalue weighted by Crippen LogP contribution is -2.37. The Morgan fingerprint density at radius 2 is 2.14 bits per heavy atom. The maximum absolute atomic E-state index is 11.7. The van der Waals surface area contributed by atoms with Crippen LogP contribution in [0.15, 0.2) is 45.9 Å².